The lowest BCUT2D eigenvalue weighted by Crippen LogP contribution is -2.16. The summed E-state index contributed by atoms with van der Waals surface area (Å²) in [6.45, 7) is 6.78. The number of anilines is 1. The van der Waals surface area contributed by atoms with E-state index >= 15 is 0 Å². The minimum Gasteiger partial charge on any atom is -0.477 e. The number of aryl methyl sites for hydroxylation is 2. The van der Waals surface area contributed by atoms with E-state index < -0.39 is 5.97 Å². The van der Waals surface area contributed by atoms with Crippen LogP contribution in [0.15, 0.2) is 0 Å². The maximum absolute atomic E-state index is 11.1. The molecule has 0 aliphatic heterocycles. The molecule has 17 heavy (non-hydrogen) atoms. The molecule has 0 saturated heterocycles. The van der Waals surface area contributed by atoms with E-state index in [0.29, 0.717) is 17.4 Å². The van der Waals surface area contributed by atoms with Crippen LogP contribution < -0.4 is 5.32 Å². The highest BCUT2D eigenvalue weighted by molar-refractivity contribution is 5.94. The third-order valence-electron chi connectivity index (χ3n) is 3.15. The van der Waals surface area contributed by atoms with E-state index in [-0.39, 0.29) is 5.56 Å². The number of nitrogens with zero attached hydrogens (tertiary/aromatic N) is 2. The normalized spacial score (nSPS) is 10.9. The van der Waals surface area contributed by atoms with Gasteiger partial charge in [0.15, 0.2) is 0 Å². The van der Waals surface area contributed by atoms with Gasteiger partial charge < -0.3 is 10.4 Å². The zero-order valence-electron chi connectivity index (χ0n) is 10.9. The zero-order valence-corrected chi connectivity index (χ0v) is 10.9. The molecule has 0 bridgehead atoms. The largest absolute Gasteiger partial charge is 0.477 e. The van der Waals surface area contributed by atoms with E-state index in [2.05, 4.69) is 24.3 Å². The number of rotatable bonds is 6. The van der Waals surface area contributed by atoms with Gasteiger partial charge in [0, 0.05) is 13.6 Å². The Bertz CT molecular complexity index is 395. The van der Waals surface area contributed by atoms with Crippen molar-refractivity contribution >= 4 is 11.8 Å². The first-order valence-electron chi connectivity index (χ1n) is 6.01. The van der Waals surface area contributed by atoms with Crippen LogP contribution in [0.5, 0.6) is 0 Å². The molecular weight excluding hydrogens is 218 g/mol. The highest BCUT2D eigenvalue weighted by Crippen LogP contribution is 2.19. The zero-order chi connectivity index (χ0) is 13.0. The number of carbonyl (C=O) groups is 1. The minimum absolute atomic E-state index is 0.276. The van der Waals surface area contributed by atoms with Crippen molar-refractivity contribution in [3.8, 4) is 0 Å². The van der Waals surface area contributed by atoms with Crippen molar-refractivity contribution in [2.24, 2.45) is 13.0 Å². The number of carboxylic acids is 1. The topological polar surface area (TPSA) is 67.2 Å². The van der Waals surface area contributed by atoms with Crippen molar-refractivity contribution in [2.45, 2.75) is 33.6 Å². The molecule has 0 fully saturated rings. The van der Waals surface area contributed by atoms with E-state index in [4.69, 9.17) is 5.11 Å². The molecule has 0 unspecified atom stereocenters. The highest BCUT2D eigenvalue weighted by Gasteiger charge is 2.19. The van der Waals surface area contributed by atoms with Crippen LogP contribution in [-0.2, 0) is 7.05 Å². The van der Waals surface area contributed by atoms with Crippen molar-refractivity contribution in [3.63, 3.8) is 0 Å². The summed E-state index contributed by atoms with van der Waals surface area (Å²) in [7, 11) is 1.76. The standard InChI is InChI=1S/C12H21N3O2/c1-5-9(6-2)7-13-11-10(12(16)17)8(3)14-15(11)4/h9,13H,5-7H2,1-4H3,(H,16,17). The van der Waals surface area contributed by atoms with Crippen molar-refractivity contribution < 1.29 is 9.90 Å². The quantitative estimate of drug-likeness (QED) is 0.799. The van der Waals surface area contributed by atoms with Gasteiger partial charge in [-0.25, -0.2) is 4.79 Å². The second kappa shape index (κ2) is 5.70. The van der Waals surface area contributed by atoms with E-state index in [9.17, 15) is 4.79 Å². The third-order valence-corrected chi connectivity index (χ3v) is 3.15. The molecule has 1 heterocycles. The van der Waals surface area contributed by atoms with Gasteiger partial charge in [-0.1, -0.05) is 26.7 Å². The number of aromatic carboxylic acids is 1. The summed E-state index contributed by atoms with van der Waals surface area (Å²) in [5.41, 5.74) is 0.825. The molecule has 0 aliphatic rings. The fourth-order valence-corrected chi connectivity index (χ4v) is 1.94. The molecular formula is C12H21N3O2. The van der Waals surface area contributed by atoms with Gasteiger partial charge in [-0.3, -0.25) is 4.68 Å². The second-order valence-electron chi connectivity index (χ2n) is 4.30. The molecule has 2 N–H and O–H groups in total. The molecule has 96 valence electrons. The van der Waals surface area contributed by atoms with Gasteiger partial charge in [0.25, 0.3) is 0 Å². The molecule has 0 atom stereocenters. The lowest BCUT2D eigenvalue weighted by atomic mass is 10.0. The Morgan fingerprint density at radius 3 is 2.53 bits per heavy atom. The van der Waals surface area contributed by atoms with Gasteiger partial charge in [-0.15, -0.1) is 0 Å². The maximum Gasteiger partial charge on any atom is 0.341 e. The van der Waals surface area contributed by atoms with Gasteiger partial charge in [0.05, 0.1) is 5.69 Å². The van der Waals surface area contributed by atoms with Crippen LogP contribution in [0.25, 0.3) is 0 Å². The summed E-state index contributed by atoms with van der Waals surface area (Å²) in [5.74, 6) is 0.233. The van der Waals surface area contributed by atoms with Crippen LogP contribution in [0.4, 0.5) is 5.82 Å². The Hall–Kier alpha value is -1.52. The number of carboxylic acid groups (broad SMARTS) is 1. The fraction of sp³-hybridized carbons (Fsp3) is 0.667. The van der Waals surface area contributed by atoms with Gasteiger partial charge in [0.1, 0.15) is 11.4 Å². The third kappa shape index (κ3) is 2.99. The minimum atomic E-state index is -0.928. The first kappa shape index (κ1) is 13.5. The second-order valence-corrected chi connectivity index (χ2v) is 4.30. The average Bonchev–Trinajstić information content (AvgIpc) is 2.55. The van der Waals surface area contributed by atoms with Crippen LogP contribution in [0.3, 0.4) is 0 Å². The summed E-state index contributed by atoms with van der Waals surface area (Å²) in [6.07, 6.45) is 2.17. The summed E-state index contributed by atoms with van der Waals surface area (Å²) in [5, 5.41) is 16.5. The number of nitrogens with one attached hydrogen (secondary N) is 1. The predicted octanol–water partition coefficient (Wildman–Crippen LogP) is 2.27. The number of hydrogen-bond donors (Lipinski definition) is 2. The van der Waals surface area contributed by atoms with Crippen LogP contribution in [0, 0.1) is 12.8 Å². The fourth-order valence-electron chi connectivity index (χ4n) is 1.94. The SMILES string of the molecule is CCC(CC)CNc1c(C(=O)O)c(C)nn1C. The van der Waals surface area contributed by atoms with Crippen LogP contribution in [0.2, 0.25) is 0 Å². The average molecular weight is 239 g/mol. The molecule has 0 amide bonds. The lowest BCUT2D eigenvalue weighted by Gasteiger charge is -2.14. The molecule has 1 rings (SSSR count). The summed E-state index contributed by atoms with van der Waals surface area (Å²) >= 11 is 0. The van der Waals surface area contributed by atoms with E-state index in [1.54, 1.807) is 18.7 Å². The van der Waals surface area contributed by atoms with Crippen LogP contribution >= 0.6 is 0 Å². The van der Waals surface area contributed by atoms with Gasteiger partial charge in [-0.05, 0) is 12.8 Å². The molecule has 5 nitrogen and oxygen atoms in total. The Balaban J connectivity index is 2.86. The monoisotopic (exact) mass is 239 g/mol. The Morgan fingerprint density at radius 2 is 2.06 bits per heavy atom. The first-order chi connectivity index (χ1) is 8.01. The Labute approximate surface area is 102 Å². The van der Waals surface area contributed by atoms with Crippen molar-refractivity contribution in [1.82, 2.24) is 9.78 Å². The van der Waals surface area contributed by atoms with E-state index in [1.807, 2.05) is 0 Å². The molecule has 0 radical (unpaired) electrons. The van der Waals surface area contributed by atoms with Crippen molar-refractivity contribution in [1.29, 1.82) is 0 Å². The molecule has 0 aliphatic carbocycles. The Kier molecular flexibility index (Phi) is 4.54. The van der Waals surface area contributed by atoms with Gasteiger partial charge in [0.2, 0.25) is 0 Å². The van der Waals surface area contributed by atoms with Crippen molar-refractivity contribution in [3.05, 3.63) is 11.3 Å². The number of hydrogen-bond acceptors (Lipinski definition) is 3. The summed E-state index contributed by atoms with van der Waals surface area (Å²) in [6, 6.07) is 0. The molecule has 0 saturated carbocycles. The molecule has 1 aromatic rings. The molecule has 1 aromatic heterocycles. The van der Waals surface area contributed by atoms with E-state index in [0.717, 1.165) is 19.4 Å². The molecule has 5 heteroatoms. The number of aromatic nitrogens is 2. The molecule has 0 spiro atoms. The van der Waals surface area contributed by atoms with E-state index in [1.165, 1.54) is 0 Å². The smallest absolute Gasteiger partial charge is 0.341 e. The summed E-state index contributed by atoms with van der Waals surface area (Å²) < 4.78 is 1.60. The van der Waals surface area contributed by atoms with Gasteiger partial charge >= 0.3 is 5.97 Å². The summed E-state index contributed by atoms with van der Waals surface area (Å²) in [4.78, 5) is 11.1. The maximum atomic E-state index is 11.1. The highest BCUT2D eigenvalue weighted by atomic mass is 16.4. The molecule has 0 aromatic carbocycles. The van der Waals surface area contributed by atoms with Crippen LogP contribution in [-0.4, -0.2) is 27.4 Å². The van der Waals surface area contributed by atoms with Crippen molar-refractivity contribution in [2.75, 3.05) is 11.9 Å². The predicted molar refractivity (Wildman–Crippen MR) is 67.5 cm³/mol. The lowest BCUT2D eigenvalue weighted by molar-refractivity contribution is 0.0697. The Morgan fingerprint density at radius 1 is 1.47 bits per heavy atom. The first-order valence-corrected chi connectivity index (χ1v) is 6.01. The van der Waals surface area contributed by atoms with Crippen LogP contribution in [0.1, 0.15) is 42.7 Å². The van der Waals surface area contributed by atoms with Gasteiger partial charge in [-0.2, -0.15) is 5.10 Å².